The molecule has 1 aromatic carbocycles. The van der Waals surface area contributed by atoms with Crippen LogP contribution in [-0.2, 0) is 4.79 Å². The van der Waals surface area contributed by atoms with Crippen LogP contribution in [0.5, 0.6) is 0 Å². The third-order valence-corrected chi connectivity index (χ3v) is 4.80. The number of aliphatic hydroxyl groups is 1. The highest BCUT2D eigenvalue weighted by molar-refractivity contribution is 5.79. The highest BCUT2D eigenvalue weighted by Crippen LogP contribution is 2.26. The molecule has 0 aromatic heterocycles. The summed E-state index contributed by atoms with van der Waals surface area (Å²) in [6.07, 6.45) is 2.26. The number of aliphatic hydroxyl groups excluding tert-OH is 1. The highest BCUT2D eigenvalue weighted by Gasteiger charge is 2.30. The van der Waals surface area contributed by atoms with Gasteiger partial charge in [0.2, 0.25) is 5.91 Å². The molecule has 0 fully saturated rings. The van der Waals surface area contributed by atoms with E-state index in [4.69, 9.17) is 0 Å². The van der Waals surface area contributed by atoms with Crippen LogP contribution in [0.3, 0.4) is 0 Å². The van der Waals surface area contributed by atoms with Gasteiger partial charge >= 0.3 is 0 Å². The largest absolute Gasteiger partial charge is 0.386 e. The van der Waals surface area contributed by atoms with Crippen molar-refractivity contribution in [3.05, 3.63) is 35.9 Å². The summed E-state index contributed by atoms with van der Waals surface area (Å²) in [5.41, 5.74) is 0.852. The fraction of sp³-hybridized carbons (Fsp3) is 0.632. The van der Waals surface area contributed by atoms with Gasteiger partial charge in [0, 0.05) is 13.0 Å². The van der Waals surface area contributed by atoms with Gasteiger partial charge in [-0.25, -0.2) is 0 Å². The zero-order valence-electron chi connectivity index (χ0n) is 14.6. The fourth-order valence-corrected chi connectivity index (χ4v) is 2.85. The molecule has 0 heterocycles. The Morgan fingerprint density at radius 2 is 1.77 bits per heavy atom. The lowest BCUT2D eigenvalue weighted by molar-refractivity contribution is -0.140. The molecule has 124 valence electrons. The van der Waals surface area contributed by atoms with Gasteiger partial charge in [-0.05, 0) is 24.8 Å². The van der Waals surface area contributed by atoms with Gasteiger partial charge in [-0.2, -0.15) is 0 Å². The van der Waals surface area contributed by atoms with E-state index in [2.05, 4.69) is 20.8 Å². The minimum absolute atomic E-state index is 0.0467. The molecular weight excluding hydrogens is 274 g/mol. The summed E-state index contributed by atoms with van der Waals surface area (Å²) >= 11 is 0. The zero-order chi connectivity index (χ0) is 16.7. The van der Waals surface area contributed by atoms with E-state index in [1.165, 1.54) is 0 Å². The number of likely N-dealkylation sites (N-methyl/N-ethyl adjacent to an activating group) is 1. The number of carbonyl (C=O) groups excluding carboxylic acids is 1. The molecule has 0 spiro atoms. The molecule has 0 aliphatic rings. The molecule has 22 heavy (non-hydrogen) atoms. The van der Waals surface area contributed by atoms with Crippen molar-refractivity contribution in [2.24, 2.45) is 11.8 Å². The molecule has 3 nitrogen and oxygen atoms in total. The Morgan fingerprint density at radius 1 is 1.18 bits per heavy atom. The van der Waals surface area contributed by atoms with Crippen LogP contribution in [-0.4, -0.2) is 29.0 Å². The normalized spacial score (nSPS) is 16.6. The Hall–Kier alpha value is -1.35. The predicted octanol–water partition coefficient (Wildman–Crippen LogP) is 4.03. The fourth-order valence-electron chi connectivity index (χ4n) is 2.85. The Balaban J connectivity index is 2.83. The maximum atomic E-state index is 12.8. The Morgan fingerprint density at radius 3 is 2.27 bits per heavy atom. The monoisotopic (exact) mass is 305 g/mol. The molecule has 0 bridgehead atoms. The number of hydrogen-bond donors (Lipinski definition) is 1. The Kier molecular flexibility index (Phi) is 7.60. The molecule has 0 saturated carbocycles. The van der Waals surface area contributed by atoms with Gasteiger partial charge in [-0.15, -0.1) is 0 Å². The van der Waals surface area contributed by atoms with Crippen molar-refractivity contribution >= 4 is 5.91 Å². The number of benzene rings is 1. The summed E-state index contributed by atoms with van der Waals surface area (Å²) in [5, 5.41) is 10.5. The number of nitrogens with zero attached hydrogens (tertiary/aromatic N) is 1. The van der Waals surface area contributed by atoms with Crippen LogP contribution < -0.4 is 0 Å². The van der Waals surface area contributed by atoms with Crippen LogP contribution in [0, 0.1) is 11.8 Å². The van der Waals surface area contributed by atoms with E-state index in [9.17, 15) is 9.90 Å². The van der Waals surface area contributed by atoms with Crippen molar-refractivity contribution in [3.8, 4) is 0 Å². The Labute approximate surface area is 135 Å². The van der Waals surface area contributed by atoms with Crippen molar-refractivity contribution in [3.63, 3.8) is 0 Å². The van der Waals surface area contributed by atoms with Crippen LogP contribution in [0.2, 0.25) is 0 Å². The van der Waals surface area contributed by atoms with E-state index < -0.39 is 6.10 Å². The summed E-state index contributed by atoms with van der Waals surface area (Å²) in [7, 11) is 1.81. The average Bonchev–Trinajstić information content (AvgIpc) is 2.57. The molecule has 1 aromatic rings. The second-order valence-electron chi connectivity index (χ2n) is 6.33. The molecular formula is C19H31NO2. The number of amides is 1. The topological polar surface area (TPSA) is 40.5 Å². The standard InChI is InChI=1S/C19H31NO2/c1-6-11-17(14(3)7-2)19(22)20(5)15(4)18(21)16-12-9-8-10-13-16/h8-10,12-15,17-18,21H,6-7,11H2,1-5H3/t14-,15-,17-,18+/m1/s1. The van der Waals surface area contributed by atoms with Gasteiger partial charge in [0.25, 0.3) is 0 Å². The molecule has 0 unspecified atom stereocenters. The van der Waals surface area contributed by atoms with Crippen molar-refractivity contribution in [1.82, 2.24) is 4.90 Å². The highest BCUT2D eigenvalue weighted by atomic mass is 16.3. The van der Waals surface area contributed by atoms with Gasteiger partial charge < -0.3 is 10.0 Å². The van der Waals surface area contributed by atoms with Crippen molar-refractivity contribution in [2.45, 2.75) is 59.1 Å². The summed E-state index contributed by atoms with van der Waals surface area (Å²) in [6, 6.07) is 9.31. The van der Waals surface area contributed by atoms with Crippen LogP contribution in [0.25, 0.3) is 0 Å². The van der Waals surface area contributed by atoms with Crippen LogP contribution >= 0.6 is 0 Å². The lowest BCUT2D eigenvalue weighted by atomic mass is 9.86. The summed E-state index contributed by atoms with van der Waals surface area (Å²) in [6.45, 7) is 8.30. The third kappa shape index (κ3) is 4.57. The molecule has 1 amide bonds. The first-order chi connectivity index (χ1) is 10.4. The van der Waals surface area contributed by atoms with E-state index >= 15 is 0 Å². The first kappa shape index (κ1) is 18.7. The molecule has 0 aliphatic carbocycles. The number of hydrogen-bond acceptors (Lipinski definition) is 2. The minimum atomic E-state index is -0.658. The van der Waals surface area contributed by atoms with E-state index in [-0.39, 0.29) is 17.9 Å². The van der Waals surface area contributed by atoms with Crippen LogP contribution in [0.4, 0.5) is 0 Å². The van der Waals surface area contributed by atoms with Crippen LogP contribution in [0.1, 0.15) is 58.6 Å². The quantitative estimate of drug-likeness (QED) is 0.787. The summed E-state index contributed by atoms with van der Waals surface area (Å²) in [4.78, 5) is 14.6. The Bertz CT molecular complexity index is 446. The van der Waals surface area contributed by atoms with Gasteiger partial charge in [0.05, 0.1) is 12.1 Å². The van der Waals surface area contributed by atoms with Crippen molar-refractivity contribution in [1.29, 1.82) is 0 Å². The van der Waals surface area contributed by atoms with Crippen molar-refractivity contribution < 1.29 is 9.90 Å². The first-order valence-corrected chi connectivity index (χ1v) is 8.43. The zero-order valence-corrected chi connectivity index (χ0v) is 14.6. The third-order valence-electron chi connectivity index (χ3n) is 4.80. The second-order valence-corrected chi connectivity index (χ2v) is 6.33. The van der Waals surface area contributed by atoms with Gasteiger partial charge in [0.1, 0.15) is 0 Å². The maximum absolute atomic E-state index is 12.8. The number of rotatable bonds is 8. The molecule has 0 aliphatic heterocycles. The van der Waals surface area contributed by atoms with Gasteiger partial charge in [-0.3, -0.25) is 4.79 Å². The molecule has 0 saturated heterocycles. The molecule has 3 heteroatoms. The minimum Gasteiger partial charge on any atom is -0.386 e. The summed E-state index contributed by atoms with van der Waals surface area (Å²) < 4.78 is 0. The number of carbonyl (C=O) groups is 1. The smallest absolute Gasteiger partial charge is 0.226 e. The van der Waals surface area contributed by atoms with Crippen molar-refractivity contribution in [2.75, 3.05) is 7.05 Å². The van der Waals surface area contributed by atoms with Gasteiger partial charge in [0.15, 0.2) is 0 Å². The lowest BCUT2D eigenvalue weighted by Crippen LogP contribution is -2.43. The molecule has 0 radical (unpaired) electrons. The van der Waals surface area contributed by atoms with Crippen LogP contribution in [0.15, 0.2) is 30.3 Å². The maximum Gasteiger partial charge on any atom is 0.226 e. The van der Waals surface area contributed by atoms with E-state index in [0.717, 1.165) is 24.8 Å². The molecule has 1 N–H and O–H groups in total. The average molecular weight is 305 g/mol. The van der Waals surface area contributed by atoms with E-state index in [1.807, 2.05) is 44.3 Å². The summed E-state index contributed by atoms with van der Waals surface area (Å²) in [5.74, 6) is 0.570. The van der Waals surface area contributed by atoms with Gasteiger partial charge in [-0.1, -0.05) is 63.9 Å². The SMILES string of the molecule is CCC[C@@H](C(=O)N(C)[C@H](C)[C@H](O)c1ccccc1)[C@H](C)CC. The molecule has 1 rings (SSSR count). The second kappa shape index (κ2) is 8.94. The van der Waals surface area contributed by atoms with E-state index in [1.54, 1.807) is 4.90 Å². The lowest BCUT2D eigenvalue weighted by Gasteiger charge is -2.34. The predicted molar refractivity (Wildman–Crippen MR) is 91.5 cm³/mol. The van der Waals surface area contributed by atoms with E-state index in [0.29, 0.717) is 5.92 Å². The first-order valence-electron chi connectivity index (χ1n) is 8.43. The molecule has 4 atom stereocenters.